The third kappa shape index (κ3) is 4.05. The van der Waals surface area contributed by atoms with Gasteiger partial charge in [0.25, 0.3) is 5.78 Å². The Morgan fingerprint density at radius 3 is 2.39 bits per heavy atom. The number of rotatable bonds is 6. The molecule has 0 spiro atoms. The number of Topliss-reactive ketones (excluding diaryl/α,β-unsaturated/α-hetero) is 1. The van der Waals surface area contributed by atoms with Gasteiger partial charge in [-0.25, -0.2) is 4.98 Å². The minimum absolute atomic E-state index is 0.0680. The summed E-state index contributed by atoms with van der Waals surface area (Å²) in [7, 11) is 4.55. The molecule has 1 amide bonds. The standard InChI is InChI=1S/C29H26N2O6S/c1-15-9-11-19-22(13-15)38-29(30-19)31-24(18-7-6-8-21(36-4)27(18)37-5)23(26(33)28(31)34)25(32)17-10-12-20(35-3)16(2)14-17/h6-14,24,32H,1-5H3. The van der Waals surface area contributed by atoms with Crippen molar-refractivity contribution in [3.63, 3.8) is 0 Å². The second kappa shape index (κ2) is 9.83. The van der Waals surface area contributed by atoms with Crippen molar-refractivity contribution < 1.29 is 28.9 Å². The number of carbonyl (C=O) groups excluding carboxylic acids is 2. The zero-order valence-electron chi connectivity index (χ0n) is 21.6. The van der Waals surface area contributed by atoms with Crippen LogP contribution in [-0.2, 0) is 9.59 Å². The van der Waals surface area contributed by atoms with Crippen molar-refractivity contribution in [1.82, 2.24) is 4.98 Å². The molecule has 1 aliphatic heterocycles. The van der Waals surface area contributed by atoms with Crippen LogP contribution < -0.4 is 19.1 Å². The van der Waals surface area contributed by atoms with Crippen LogP contribution in [0.1, 0.15) is 28.3 Å². The molecule has 0 aliphatic carbocycles. The zero-order valence-corrected chi connectivity index (χ0v) is 22.4. The highest BCUT2D eigenvalue weighted by Gasteiger charge is 2.49. The largest absolute Gasteiger partial charge is 0.507 e. The van der Waals surface area contributed by atoms with Crippen LogP contribution in [0.25, 0.3) is 16.0 Å². The number of nitrogens with zero attached hydrogens (tertiary/aromatic N) is 2. The number of aryl methyl sites for hydroxylation is 2. The van der Waals surface area contributed by atoms with E-state index in [1.165, 1.54) is 30.5 Å². The number of aliphatic hydroxyl groups is 1. The highest BCUT2D eigenvalue weighted by atomic mass is 32.1. The van der Waals surface area contributed by atoms with Gasteiger partial charge < -0.3 is 19.3 Å². The number of benzene rings is 3. The number of fused-ring (bicyclic) bond motifs is 1. The lowest BCUT2D eigenvalue weighted by Crippen LogP contribution is -2.29. The molecule has 1 aliphatic rings. The van der Waals surface area contributed by atoms with E-state index in [-0.39, 0.29) is 11.3 Å². The van der Waals surface area contributed by atoms with Crippen LogP contribution in [-0.4, -0.2) is 43.1 Å². The van der Waals surface area contributed by atoms with E-state index < -0.39 is 17.7 Å². The van der Waals surface area contributed by atoms with Crippen LogP contribution in [0.2, 0.25) is 0 Å². The average molecular weight is 531 g/mol. The lowest BCUT2D eigenvalue weighted by atomic mass is 9.94. The Kier molecular flexibility index (Phi) is 6.54. The van der Waals surface area contributed by atoms with Gasteiger partial charge in [-0.3, -0.25) is 14.5 Å². The molecular formula is C29H26N2O6S. The van der Waals surface area contributed by atoms with E-state index in [0.29, 0.717) is 39.0 Å². The summed E-state index contributed by atoms with van der Waals surface area (Å²) in [6.45, 7) is 3.81. The molecule has 8 nitrogen and oxygen atoms in total. The van der Waals surface area contributed by atoms with Gasteiger partial charge in [0.15, 0.2) is 16.6 Å². The maximum absolute atomic E-state index is 13.6. The van der Waals surface area contributed by atoms with E-state index in [9.17, 15) is 14.7 Å². The lowest BCUT2D eigenvalue weighted by molar-refractivity contribution is -0.132. The van der Waals surface area contributed by atoms with E-state index in [1.54, 1.807) is 43.5 Å². The van der Waals surface area contributed by atoms with Crippen LogP contribution in [0, 0.1) is 13.8 Å². The summed E-state index contributed by atoms with van der Waals surface area (Å²) >= 11 is 1.30. The number of carbonyl (C=O) groups is 2. The molecule has 0 bridgehead atoms. The Labute approximate surface area is 223 Å². The van der Waals surface area contributed by atoms with Gasteiger partial charge >= 0.3 is 5.91 Å². The quantitative estimate of drug-likeness (QED) is 0.198. The summed E-state index contributed by atoms with van der Waals surface area (Å²) in [6.07, 6.45) is 0. The van der Waals surface area contributed by atoms with Crippen LogP contribution in [0.15, 0.2) is 60.2 Å². The molecule has 1 unspecified atom stereocenters. The van der Waals surface area contributed by atoms with Gasteiger partial charge in [-0.15, -0.1) is 0 Å². The van der Waals surface area contributed by atoms with Gasteiger partial charge in [0.05, 0.1) is 37.1 Å². The Morgan fingerprint density at radius 1 is 0.947 bits per heavy atom. The highest BCUT2D eigenvalue weighted by Crippen LogP contribution is 2.48. The first-order valence-electron chi connectivity index (χ1n) is 11.8. The van der Waals surface area contributed by atoms with Crippen molar-refractivity contribution in [2.24, 2.45) is 0 Å². The monoisotopic (exact) mass is 530 g/mol. The molecule has 1 aromatic heterocycles. The molecule has 194 valence electrons. The number of aromatic nitrogens is 1. The molecule has 5 rings (SSSR count). The maximum atomic E-state index is 13.6. The van der Waals surface area contributed by atoms with Crippen LogP contribution in [0.5, 0.6) is 17.2 Å². The minimum Gasteiger partial charge on any atom is -0.507 e. The third-order valence-electron chi connectivity index (χ3n) is 6.58. The average Bonchev–Trinajstić information content (AvgIpc) is 3.44. The van der Waals surface area contributed by atoms with Gasteiger partial charge in [0.2, 0.25) is 0 Å². The summed E-state index contributed by atoms with van der Waals surface area (Å²) in [6, 6.07) is 15.1. The first-order chi connectivity index (χ1) is 18.3. The predicted octanol–water partition coefficient (Wildman–Crippen LogP) is 5.57. The number of hydrogen-bond donors (Lipinski definition) is 1. The highest BCUT2D eigenvalue weighted by molar-refractivity contribution is 7.22. The van der Waals surface area contributed by atoms with E-state index in [1.807, 2.05) is 32.0 Å². The molecular weight excluding hydrogens is 504 g/mol. The number of aliphatic hydroxyl groups excluding tert-OH is 1. The Balaban J connectivity index is 1.78. The molecule has 3 aromatic carbocycles. The fraction of sp³-hybridized carbons (Fsp3) is 0.207. The van der Waals surface area contributed by atoms with Crippen LogP contribution in [0.3, 0.4) is 0 Å². The first kappa shape index (κ1) is 25.3. The van der Waals surface area contributed by atoms with Crippen molar-refractivity contribution >= 4 is 44.1 Å². The fourth-order valence-electron chi connectivity index (χ4n) is 4.76. The molecule has 1 fully saturated rings. The SMILES string of the molecule is COc1ccc(C(O)=C2C(=O)C(=O)N(c3nc4ccc(C)cc4s3)C2c2cccc(OC)c2OC)cc1C. The molecule has 9 heteroatoms. The topological polar surface area (TPSA) is 98.2 Å². The lowest BCUT2D eigenvalue weighted by Gasteiger charge is -2.25. The molecule has 0 saturated carbocycles. The smallest absolute Gasteiger partial charge is 0.301 e. The van der Waals surface area contributed by atoms with Crippen molar-refractivity contribution in [2.45, 2.75) is 19.9 Å². The number of methoxy groups -OCH3 is 3. The van der Waals surface area contributed by atoms with E-state index in [4.69, 9.17) is 14.2 Å². The number of amides is 1. The first-order valence-corrected chi connectivity index (χ1v) is 12.6. The van der Waals surface area contributed by atoms with Gasteiger partial charge in [0, 0.05) is 11.1 Å². The number of anilines is 1. The Hall–Kier alpha value is -4.37. The molecule has 0 radical (unpaired) electrons. The fourth-order valence-corrected chi connectivity index (χ4v) is 5.85. The maximum Gasteiger partial charge on any atom is 0.301 e. The number of ketones is 1. The molecule has 1 N–H and O–H groups in total. The van der Waals surface area contributed by atoms with E-state index >= 15 is 0 Å². The summed E-state index contributed by atoms with van der Waals surface area (Å²) in [5.41, 5.74) is 3.32. The molecule has 1 saturated heterocycles. The molecule has 4 aromatic rings. The van der Waals surface area contributed by atoms with Gasteiger partial charge in [-0.1, -0.05) is 29.5 Å². The van der Waals surface area contributed by atoms with E-state index in [0.717, 1.165) is 15.8 Å². The second-order valence-corrected chi connectivity index (χ2v) is 9.91. The Bertz CT molecular complexity index is 1620. The second-order valence-electron chi connectivity index (χ2n) is 8.90. The minimum atomic E-state index is -1.01. The summed E-state index contributed by atoms with van der Waals surface area (Å²) in [5.74, 6) is -0.499. The molecule has 2 heterocycles. The van der Waals surface area contributed by atoms with Gasteiger partial charge in [-0.05, 0) is 61.4 Å². The van der Waals surface area contributed by atoms with Crippen LogP contribution >= 0.6 is 11.3 Å². The zero-order chi connectivity index (χ0) is 27.1. The molecule has 38 heavy (non-hydrogen) atoms. The van der Waals surface area contributed by atoms with Crippen LogP contribution in [0.4, 0.5) is 5.13 Å². The van der Waals surface area contributed by atoms with Crippen molar-refractivity contribution in [2.75, 3.05) is 26.2 Å². The van der Waals surface area contributed by atoms with Gasteiger partial charge in [-0.2, -0.15) is 0 Å². The number of thiazole rings is 1. The normalized spacial score (nSPS) is 16.8. The van der Waals surface area contributed by atoms with Gasteiger partial charge in [0.1, 0.15) is 17.6 Å². The summed E-state index contributed by atoms with van der Waals surface area (Å²) in [5, 5.41) is 11.8. The molecule has 1 atom stereocenters. The van der Waals surface area contributed by atoms with Crippen molar-refractivity contribution in [3.8, 4) is 17.2 Å². The Morgan fingerprint density at radius 2 is 1.71 bits per heavy atom. The van der Waals surface area contributed by atoms with Crippen molar-refractivity contribution in [3.05, 3.63) is 82.4 Å². The summed E-state index contributed by atoms with van der Waals surface area (Å²) in [4.78, 5) is 33.2. The third-order valence-corrected chi connectivity index (χ3v) is 7.60. The summed E-state index contributed by atoms with van der Waals surface area (Å²) < 4.78 is 17.4. The predicted molar refractivity (Wildman–Crippen MR) is 146 cm³/mol. The van der Waals surface area contributed by atoms with E-state index in [2.05, 4.69) is 4.98 Å². The number of hydrogen-bond acceptors (Lipinski definition) is 8. The number of ether oxygens (including phenoxy) is 3. The number of para-hydroxylation sites is 1. The van der Waals surface area contributed by atoms with Crippen molar-refractivity contribution in [1.29, 1.82) is 0 Å².